The van der Waals surface area contributed by atoms with Crippen molar-refractivity contribution in [3.8, 4) is 33.5 Å². The van der Waals surface area contributed by atoms with Crippen LogP contribution in [0.1, 0.15) is 123 Å². The molecule has 0 saturated carbocycles. The first-order chi connectivity index (χ1) is 43.6. The van der Waals surface area contributed by atoms with Gasteiger partial charge in [0, 0.05) is 70.5 Å². The predicted molar refractivity (Wildman–Crippen MR) is 349 cm³/mol. The number of carbonyl (C=O) groups excluding carboxylic acids is 4. The third-order valence-electron chi connectivity index (χ3n) is 18.8. The number of β-amino-alcohol motifs (C(OH)–C–C–N with tert-alkyl or cyclic N) is 1. The van der Waals surface area contributed by atoms with Crippen molar-refractivity contribution in [2.75, 3.05) is 77.8 Å². The van der Waals surface area contributed by atoms with Gasteiger partial charge in [0.25, 0.3) is 0 Å². The Morgan fingerprint density at radius 2 is 1.65 bits per heavy atom. The van der Waals surface area contributed by atoms with Crippen LogP contribution < -0.4 is 25.0 Å². The molecule has 0 spiro atoms. The fourth-order valence-electron chi connectivity index (χ4n) is 14.0. The molecule has 20 nitrogen and oxygen atoms in total. The normalized spacial score (nSPS) is 21.2. The number of carbonyl (C=O) groups is 4. The van der Waals surface area contributed by atoms with Gasteiger partial charge in [-0.05, 0) is 156 Å². The standard InChI is InChI=1S/C69H90FN11O9S/c1-10-45-13-11-14-47-31-52(89-41-87-9)33-53(57(45)47)59-58(70)60-54(35-71-59)63(79-36-48-20-21-49(37-79)81(48)67(86)90-69(6,7)8)76-66(75-60)88-39-50-15-12-26-78(50)30-24-43-22-27-77(28-23-43)29-25-56(83)74-62(68(3,4)5)65(85)80-38-51(82)32-55(80)64(84)72-34-44-16-18-46(19-17-44)61-42(2)73-40-91-61/h11,13-14,16-19,31,33,35,40,43,48-51,55,62,82H,10,12,15,20-30,32,34,36-39,41H2,1-9H3,(H,72,84)(H,74,83)/t48?,49?,50-,51+,55-,62+/m0/s1. The number of halogens is 1. The van der Waals surface area contributed by atoms with Crippen LogP contribution in [0.5, 0.6) is 11.8 Å². The van der Waals surface area contributed by atoms with Crippen LogP contribution in [0, 0.1) is 24.1 Å². The summed E-state index contributed by atoms with van der Waals surface area (Å²) in [6.45, 7) is 21.1. The zero-order valence-corrected chi connectivity index (χ0v) is 55.1. The summed E-state index contributed by atoms with van der Waals surface area (Å²) in [5.41, 5.74) is 5.31. The van der Waals surface area contributed by atoms with Crippen molar-refractivity contribution in [1.82, 2.24) is 50.2 Å². The highest BCUT2D eigenvalue weighted by molar-refractivity contribution is 7.13. The number of aliphatic hydroxyl groups is 1. The van der Waals surface area contributed by atoms with Crippen molar-refractivity contribution >= 4 is 62.6 Å². The lowest BCUT2D eigenvalue weighted by Crippen LogP contribution is -2.58. The van der Waals surface area contributed by atoms with Gasteiger partial charge in [0.05, 0.1) is 39.7 Å². The van der Waals surface area contributed by atoms with Crippen LogP contribution in [-0.4, -0.2) is 183 Å². The summed E-state index contributed by atoms with van der Waals surface area (Å²) in [5.74, 6) is 0.00187. The highest BCUT2D eigenvalue weighted by Crippen LogP contribution is 2.41. The number of nitrogens with one attached hydrogen (secondary N) is 2. The average Bonchev–Trinajstić information content (AvgIpc) is 1.26. The molecular formula is C69H90FN11O9S. The fraction of sp³-hybridized carbons (Fsp3) is 0.565. The van der Waals surface area contributed by atoms with E-state index in [9.17, 15) is 24.3 Å². The molecule has 5 saturated heterocycles. The Bertz CT molecular complexity index is 3570. The lowest BCUT2D eigenvalue weighted by molar-refractivity contribution is -0.144. The van der Waals surface area contributed by atoms with Crippen molar-refractivity contribution in [3.05, 3.63) is 88.9 Å². The molecular weight excluding hydrogens is 1180 g/mol. The number of hydrogen-bond donors (Lipinski definition) is 3. The smallest absolute Gasteiger partial charge is 0.410 e. The van der Waals surface area contributed by atoms with Crippen molar-refractivity contribution in [3.63, 3.8) is 0 Å². The molecule has 2 bridgehead atoms. The van der Waals surface area contributed by atoms with E-state index in [4.69, 9.17) is 33.9 Å². The number of aryl methyl sites for hydroxylation is 2. The number of piperazine rings is 1. The number of amides is 4. The van der Waals surface area contributed by atoms with Crippen LogP contribution in [0.3, 0.4) is 0 Å². The van der Waals surface area contributed by atoms with Gasteiger partial charge in [-0.1, -0.05) is 70.2 Å². The number of hydrogen-bond acceptors (Lipinski definition) is 17. The molecule has 3 aromatic heterocycles. The van der Waals surface area contributed by atoms with E-state index in [2.05, 4.69) is 37.2 Å². The summed E-state index contributed by atoms with van der Waals surface area (Å²) in [7, 11) is 1.56. The maximum Gasteiger partial charge on any atom is 0.410 e. The molecule has 4 amide bonds. The molecule has 3 aromatic carbocycles. The molecule has 8 heterocycles. The molecule has 5 aliphatic heterocycles. The number of aliphatic hydroxyl groups excluding tert-OH is 1. The van der Waals surface area contributed by atoms with E-state index in [-0.39, 0.29) is 91.9 Å². The number of pyridine rings is 1. The Labute approximate surface area is 537 Å². The summed E-state index contributed by atoms with van der Waals surface area (Å²) in [6, 6.07) is 15.9. The number of methoxy groups -OCH3 is 1. The van der Waals surface area contributed by atoms with E-state index in [0.717, 1.165) is 116 Å². The molecule has 0 aliphatic carbocycles. The summed E-state index contributed by atoms with van der Waals surface area (Å²) in [4.78, 5) is 85.8. The van der Waals surface area contributed by atoms with E-state index < -0.39 is 35.0 Å². The molecule has 5 fully saturated rings. The number of anilines is 1. The second-order valence-corrected chi connectivity index (χ2v) is 28.3. The minimum absolute atomic E-state index is 0.00902. The summed E-state index contributed by atoms with van der Waals surface area (Å²) >= 11 is 1.58. The van der Waals surface area contributed by atoms with E-state index >= 15 is 4.39 Å². The van der Waals surface area contributed by atoms with Crippen LogP contribution in [0.4, 0.5) is 15.0 Å². The van der Waals surface area contributed by atoms with Crippen LogP contribution in [0.15, 0.2) is 66.3 Å². The van der Waals surface area contributed by atoms with E-state index in [1.54, 1.807) is 24.6 Å². The molecule has 22 heteroatoms. The highest BCUT2D eigenvalue weighted by atomic mass is 32.1. The van der Waals surface area contributed by atoms with Crippen LogP contribution >= 0.6 is 11.3 Å². The first kappa shape index (κ1) is 65.4. The number of nitrogens with zero attached hydrogens (tertiary/aromatic N) is 9. The van der Waals surface area contributed by atoms with E-state index in [1.807, 2.05) is 113 Å². The van der Waals surface area contributed by atoms with Gasteiger partial charge >= 0.3 is 12.1 Å². The van der Waals surface area contributed by atoms with E-state index in [0.29, 0.717) is 54.7 Å². The molecule has 3 N–H and O–H groups in total. The second kappa shape index (κ2) is 28.0. The van der Waals surface area contributed by atoms with Gasteiger partial charge in [0.1, 0.15) is 47.1 Å². The maximum atomic E-state index is 17.8. The predicted octanol–water partition coefficient (Wildman–Crippen LogP) is 9.69. The average molecular weight is 1270 g/mol. The molecule has 6 atom stereocenters. The Hall–Kier alpha value is -7.11. The molecule has 5 aliphatic rings. The highest BCUT2D eigenvalue weighted by Gasteiger charge is 2.47. The first-order valence-corrected chi connectivity index (χ1v) is 33.4. The van der Waals surface area contributed by atoms with Gasteiger partial charge in [0.2, 0.25) is 17.7 Å². The number of piperidine rings is 1. The van der Waals surface area contributed by atoms with Crippen molar-refractivity contribution in [2.45, 2.75) is 168 Å². The Morgan fingerprint density at radius 1 is 0.890 bits per heavy atom. The lowest BCUT2D eigenvalue weighted by atomic mass is 9.85. The number of ether oxygens (including phenoxy) is 4. The number of benzene rings is 3. The van der Waals surface area contributed by atoms with Gasteiger partial charge in [-0.3, -0.25) is 29.2 Å². The second-order valence-electron chi connectivity index (χ2n) is 27.5. The summed E-state index contributed by atoms with van der Waals surface area (Å²) in [6.07, 6.45) is 8.15. The topological polar surface area (TPSA) is 217 Å². The minimum Gasteiger partial charge on any atom is -0.468 e. The summed E-state index contributed by atoms with van der Waals surface area (Å²) in [5, 5.41) is 19.0. The number of fused-ring (bicyclic) bond motifs is 4. The SMILES string of the molecule is CCc1cccc2cc(OCOC)cc(-c3ncc4c(N5CC6CCC(C5)N6C(=O)OC(C)(C)C)nc(OC[C@@H]5CCCN5CCC5CCN(CCC(=O)N[C@H](C(=O)N6C[C@H](O)C[C@H]6C(=O)NCc6ccc(-c7scnc7C)cc6)C(C)(C)C)CC5)nc4c3F)c12. The minimum atomic E-state index is -0.900. The van der Waals surface area contributed by atoms with Crippen LogP contribution in [0.25, 0.3) is 43.4 Å². The van der Waals surface area contributed by atoms with Gasteiger partial charge < -0.3 is 49.4 Å². The van der Waals surface area contributed by atoms with Crippen molar-refractivity contribution in [1.29, 1.82) is 0 Å². The molecule has 0 radical (unpaired) electrons. The quantitative estimate of drug-likeness (QED) is 0.0572. The third-order valence-corrected chi connectivity index (χ3v) is 19.8. The number of rotatable bonds is 21. The van der Waals surface area contributed by atoms with Gasteiger partial charge in [-0.25, -0.2) is 14.2 Å². The first-order valence-electron chi connectivity index (χ1n) is 32.6. The fourth-order valence-corrected chi connectivity index (χ4v) is 14.9. The molecule has 2 unspecified atom stereocenters. The monoisotopic (exact) mass is 1270 g/mol. The summed E-state index contributed by atoms with van der Waals surface area (Å²) < 4.78 is 41.4. The zero-order valence-electron chi connectivity index (χ0n) is 54.3. The zero-order chi connectivity index (χ0) is 64.3. The van der Waals surface area contributed by atoms with Gasteiger partial charge in [0.15, 0.2) is 12.6 Å². The van der Waals surface area contributed by atoms with Crippen molar-refractivity contribution in [2.24, 2.45) is 11.3 Å². The number of thiazole rings is 1. The third kappa shape index (κ3) is 15.0. The van der Waals surface area contributed by atoms with Crippen LogP contribution in [-0.2, 0) is 36.8 Å². The Kier molecular flexibility index (Phi) is 20.1. The lowest BCUT2D eigenvalue weighted by Gasteiger charge is -2.42. The largest absolute Gasteiger partial charge is 0.468 e. The van der Waals surface area contributed by atoms with Gasteiger partial charge in [-0.2, -0.15) is 9.97 Å². The molecule has 488 valence electrons. The molecule has 91 heavy (non-hydrogen) atoms. The Morgan fingerprint density at radius 3 is 2.34 bits per heavy atom. The molecule has 6 aromatic rings. The number of likely N-dealkylation sites (tertiary alicyclic amines) is 3. The maximum absolute atomic E-state index is 17.8. The van der Waals surface area contributed by atoms with Crippen molar-refractivity contribution < 1.29 is 47.6 Å². The number of aromatic nitrogens is 4. The van der Waals surface area contributed by atoms with Crippen LogP contribution in [0.2, 0.25) is 0 Å². The molecule has 11 rings (SSSR count). The Balaban J connectivity index is 0.705. The van der Waals surface area contributed by atoms with Gasteiger partial charge in [-0.15, -0.1) is 11.3 Å². The van der Waals surface area contributed by atoms with E-state index in [1.165, 1.54) is 4.90 Å².